The van der Waals surface area contributed by atoms with Crippen molar-refractivity contribution in [1.29, 1.82) is 5.26 Å². The van der Waals surface area contributed by atoms with E-state index in [4.69, 9.17) is 5.26 Å². The molecule has 2 aromatic rings. The Morgan fingerprint density at radius 3 is 2.93 bits per heavy atom. The molecule has 0 unspecified atom stereocenters. The molecule has 0 amide bonds. The van der Waals surface area contributed by atoms with E-state index in [0.29, 0.717) is 16.9 Å². The number of Topliss-reactive ketones (excluding diaryl/α,β-unsaturated/α-hetero) is 1. The number of rotatable bonds is 1. The predicted octanol–water partition coefficient (Wildman–Crippen LogP) is 1.41. The van der Waals surface area contributed by atoms with E-state index in [0.717, 1.165) is 0 Å². The molecule has 2 aromatic heterocycles. The Morgan fingerprint density at radius 1 is 1.50 bits per heavy atom. The second-order valence-corrected chi connectivity index (χ2v) is 2.98. The summed E-state index contributed by atoms with van der Waals surface area (Å²) in [6.45, 7) is 1.47. The highest BCUT2D eigenvalue weighted by Crippen LogP contribution is 2.07. The Kier molecular flexibility index (Phi) is 1.79. The number of hydrogen-bond acceptors (Lipinski definition) is 3. The van der Waals surface area contributed by atoms with Gasteiger partial charge in [-0.2, -0.15) is 5.26 Å². The molecule has 0 saturated carbocycles. The molecule has 0 aliphatic carbocycles. The number of carbonyl (C=O) groups is 1. The van der Waals surface area contributed by atoms with Gasteiger partial charge in [-0.3, -0.25) is 4.79 Å². The van der Waals surface area contributed by atoms with E-state index in [1.165, 1.54) is 6.92 Å². The van der Waals surface area contributed by atoms with Crippen LogP contribution in [0.15, 0.2) is 24.5 Å². The van der Waals surface area contributed by atoms with Crippen molar-refractivity contribution in [3.63, 3.8) is 0 Å². The first kappa shape index (κ1) is 8.45. The summed E-state index contributed by atoms with van der Waals surface area (Å²) in [6.07, 6.45) is 3.27. The van der Waals surface area contributed by atoms with Crippen molar-refractivity contribution in [3.8, 4) is 6.07 Å². The molecule has 0 fully saturated rings. The Labute approximate surface area is 80.4 Å². The summed E-state index contributed by atoms with van der Waals surface area (Å²) in [7, 11) is 0. The maximum absolute atomic E-state index is 11.0. The minimum atomic E-state index is -0.0767. The molecule has 4 heteroatoms. The minimum absolute atomic E-state index is 0.0767. The van der Waals surface area contributed by atoms with Gasteiger partial charge >= 0.3 is 0 Å². The first-order valence-corrected chi connectivity index (χ1v) is 4.10. The van der Waals surface area contributed by atoms with Crippen LogP contribution in [0.2, 0.25) is 0 Å². The van der Waals surface area contributed by atoms with Crippen molar-refractivity contribution < 1.29 is 4.79 Å². The topological polar surface area (TPSA) is 58.2 Å². The molecule has 4 nitrogen and oxygen atoms in total. The molecule has 0 radical (unpaired) electrons. The summed E-state index contributed by atoms with van der Waals surface area (Å²) < 4.78 is 1.68. The number of nitrogens with zero attached hydrogens (tertiary/aromatic N) is 3. The van der Waals surface area contributed by atoms with E-state index in [-0.39, 0.29) is 5.78 Å². The van der Waals surface area contributed by atoms with Gasteiger partial charge in [0.15, 0.2) is 5.78 Å². The highest BCUT2D eigenvalue weighted by Gasteiger charge is 2.05. The highest BCUT2D eigenvalue weighted by molar-refractivity contribution is 5.92. The van der Waals surface area contributed by atoms with E-state index < -0.39 is 0 Å². The molecule has 0 saturated heterocycles. The second-order valence-electron chi connectivity index (χ2n) is 2.98. The van der Waals surface area contributed by atoms with Crippen LogP contribution < -0.4 is 0 Å². The largest absolute Gasteiger partial charge is 0.305 e. The van der Waals surface area contributed by atoms with Crippen LogP contribution in [0.3, 0.4) is 0 Å². The zero-order valence-electron chi connectivity index (χ0n) is 7.56. The van der Waals surface area contributed by atoms with E-state index in [2.05, 4.69) is 4.98 Å². The fourth-order valence-electron chi connectivity index (χ4n) is 1.23. The minimum Gasteiger partial charge on any atom is -0.305 e. The summed E-state index contributed by atoms with van der Waals surface area (Å²) in [5.41, 5.74) is 1.64. The Hall–Kier alpha value is -2.15. The zero-order valence-corrected chi connectivity index (χ0v) is 7.56. The maximum atomic E-state index is 11.0. The van der Waals surface area contributed by atoms with Crippen LogP contribution >= 0.6 is 0 Å². The lowest BCUT2D eigenvalue weighted by atomic mass is 10.3. The molecule has 2 rings (SSSR count). The van der Waals surface area contributed by atoms with Crippen LogP contribution in [0.25, 0.3) is 5.65 Å². The van der Waals surface area contributed by atoms with Crippen LogP contribution in [-0.2, 0) is 0 Å². The molecule has 0 spiro atoms. The predicted molar refractivity (Wildman–Crippen MR) is 49.9 cm³/mol. The van der Waals surface area contributed by atoms with Crippen LogP contribution in [0.1, 0.15) is 23.0 Å². The first-order chi connectivity index (χ1) is 6.70. The number of ketones is 1. The third-order valence-corrected chi connectivity index (χ3v) is 1.94. The molecule has 0 aliphatic heterocycles. The Bertz CT molecular complexity index is 548. The van der Waals surface area contributed by atoms with Gasteiger partial charge in [-0.1, -0.05) is 0 Å². The van der Waals surface area contributed by atoms with Crippen molar-refractivity contribution in [2.75, 3.05) is 0 Å². The fraction of sp³-hybridized carbons (Fsp3) is 0.100. The highest BCUT2D eigenvalue weighted by atomic mass is 16.1. The van der Waals surface area contributed by atoms with Gasteiger partial charge in [-0.15, -0.1) is 0 Å². The standard InChI is InChI=1S/C10H7N3O/c1-7(14)9-6-13-5-8(4-11)2-3-10(13)12-9/h2-3,5-6H,1H3. The van der Waals surface area contributed by atoms with E-state index in [1.807, 2.05) is 6.07 Å². The van der Waals surface area contributed by atoms with Crippen LogP contribution in [0.5, 0.6) is 0 Å². The summed E-state index contributed by atoms with van der Waals surface area (Å²) >= 11 is 0. The lowest BCUT2D eigenvalue weighted by Crippen LogP contribution is -1.89. The molecule has 0 N–H and O–H groups in total. The van der Waals surface area contributed by atoms with E-state index in [9.17, 15) is 4.79 Å². The molecule has 0 atom stereocenters. The zero-order chi connectivity index (χ0) is 10.1. The normalized spacial score (nSPS) is 10.0. The monoisotopic (exact) mass is 185 g/mol. The molecule has 0 bridgehead atoms. The number of aromatic nitrogens is 2. The average molecular weight is 185 g/mol. The summed E-state index contributed by atoms with van der Waals surface area (Å²) in [4.78, 5) is 15.1. The van der Waals surface area contributed by atoms with Crippen molar-refractivity contribution >= 4 is 11.4 Å². The van der Waals surface area contributed by atoms with Crippen LogP contribution in [0.4, 0.5) is 0 Å². The molecule has 0 aromatic carbocycles. The van der Waals surface area contributed by atoms with E-state index in [1.54, 1.807) is 28.9 Å². The summed E-state index contributed by atoms with van der Waals surface area (Å²) in [6, 6.07) is 5.41. The Morgan fingerprint density at radius 2 is 2.29 bits per heavy atom. The van der Waals surface area contributed by atoms with Gasteiger partial charge < -0.3 is 4.40 Å². The number of carbonyl (C=O) groups excluding carboxylic acids is 1. The molecular weight excluding hydrogens is 178 g/mol. The lowest BCUT2D eigenvalue weighted by Gasteiger charge is -1.91. The van der Waals surface area contributed by atoms with Gasteiger partial charge in [0.2, 0.25) is 0 Å². The van der Waals surface area contributed by atoms with Crippen molar-refractivity contribution in [1.82, 2.24) is 9.38 Å². The van der Waals surface area contributed by atoms with Gasteiger partial charge in [0.25, 0.3) is 0 Å². The van der Waals surface area contributed by atoms with Gasteiger partial charge in [-0.05, 0) is 12.1 Å². The SMILES string of the molecule is CC(=O)c1cn2cc(C#N)ccc2n1. The smallest absolute Gasteiger partial charge is 0.179 e. The Balaban J connectivity index is 2.67. The van der Waals surface area contributed by atoms with Gasteiger partial charge in [-0.25, -0.2) is 4.98 Å². The van der Waals surface area contributed by atoms with Crippen LogP contribution in [0, 0.1) is 11.3 Å². The molecule has 0 aliphatic rings. The number of pyridine rings is 1. The second kappa shape index (κ2) is 2.96. The molecule has 14 heavy (non-hydrogen) atoms. The number of imidazole rings is 1. The van der Waals surface area contributed by atoms with Gasteiger partial charge in [0, 0.05) is 19.3 Å². The van der Waals surface area contributed by atoms with Gasteiger partial charge in [0.1, 0.15) is 17.4 Å². The fourth-order valence-corrected chi connectivity index (χ4v) is 1.23. The number of nitriles is 1. The number of hydrogen-bond donors (Lipinski definition) is 0. The lowest BCUT2D eigenvalue weighted by molar-refractivity contribution is 0.101. The third kappa shape index (κ3) is 1.25. The first-order valence-electron chi connectivity index (χ1n) is 4.10. The average Bonchev–Trinajstić information content (AvgIpc) is 2.59. The van der Waals surface area contributed by atoms with Crippen LogP contribution in [-0.4, -0.2) is 15.2 Å². The summed E-state index contributed by atoms with van der Waals surface area (Å²) in [5, 5.41) is 8.66. The molecular formula is C10H7N3O. The van der Waals surface area contributed by atoms with Crippen molar-refractivity contribution in [2.45, 2.75) is 6.92 Å². The van der Waals surface area contributed by atoms with E-state index >= 15 is 0 Å². The summed E-state index contributed by atoms with van der Waals surface area (Å²) in [5.74, 6) is -0.0767. The number of fused-ring (bicyclic) bond motifs is 1. The van der Waals surface area contributed by atoms with Gasteiger partial charge in [0.05, 0.1) is 5.56 Å². The van der Waals surface area contributed by atoms with Crippen molar-refractivity contribution in [2.24, 2.45) is 0 Å². The van der Waals surface area contributed by atoms with Crippen molar-refractivity contribution in [3.05, 3.63) is 35.8 Å². The quantitative estimate of drug-likeness (QED) is 0.631. The molecule has 2 heterocycles. The third-order valence-electron chi connectivity index (χ3n) is 1.94. The maximum Gasteiger partial charge on any atom is 0.179 e. The molecule has 68 valence electrons.